The van der Waals surface area contributed by atoms with Crippen molar-refractivity contribution in [2.75, 3.05) is 39.6 Å². The van der Waals surface area contributed by atoms with E-state index in [1.165, 1.54) is 225 Å². The van der Waals surface area contributed by atoms with E-state index in [0.717, 1.165) is 108 Å². The Bertz CT molecular complexity index is 1890. The molecule has 4 unspecified atom stereocenters. The highest BCUT2D eigenvalue weighted by Gasteiger charge is 2.30. The van der Waals surface area contributed by atoms with Crippen molar-refractivity contribution >= 4 is 39.5 Å². The molecule has 0 radical (unpaired) electrons. The second-order valence-electron chi connectivity index (χ2n) is 28.9. The molecular formula is C79H154O17P2. The number of rotatable bonds is 78. The summed E-state index contributed by atoms with van der Waals surface area (Å²) < 4.78 is 68.7. The van der Waals surface area contributed by atoms with E-state index in [2.05, 4.69) is 41.5 Å². The van der Waals surface area contributed by atoms with Crippen molar-refractivity contribution in [3.05, 3.63) is 0 Å². The molecule has 0 rings (SSSR count). The highest BCUT2D eigenvalue weighted by Crippen LogP contribution is 2.45. The van der Waals surface area contributed by atoms with Crippen LogP contribution in [0.1, 0.15) is 414 Å². The fraction of sp³-hybridized carbons (Fsp3) is 0.949. The van der Waals surface area contributed by atoms with Crippen LogP contribution in [0, 0.1) is 11.8 Å². The molecular weight excluding hydrogens is 1280 g/mol. The van der Waals surface area contributed by atoms with Crippen LogP contribution >= 0.6 is 15.6 Å². The van der Waals surface area contributed by atoms with Gasteiger partial charge in [-0.05, 0) is 37.5 Å². The molecule has 0 bridgehead atoms. The van der Waals surface area contributed by atoms with Gasteiger partial charge >= 0.3 is 39.5 Å². The predicted molar refractivity (Wildman–Crippen MR) is 400 cm³/mol. The van der Waals surface area contributed by atoms with Gasteiger partial charge in [0.15, 0.2) is 12.2 Å². The first-order valence-electron chi connectivity index (χ1n) is 41.1. The summed E-state index contributed by atoms with van der Waals surface area (Å²) in [4.78, 5) is 72.9. The first-order chi connectivity index (χ1) is 47.4. The van der Waals surface area contributed by atoms with Gasteiger partial charge in [0.2, 0.25) is 0 Å². The first kappa shape index (κ1) is 96.1. The number of esters is 4. The van der Waals surface area contributed by atoms with Crippen LogP contribution in [0.15, 0.2) is 0 Å². The maximum absolute atomic E-state index is 13.1. The Morgan fingerprint density at radius 2 is 0.490 bits per heavy atom. The summed E-state index contributed by atoms with van der Waals surface area (Å²) in [6.45, 7) is 9.61. The number of unbranched alkanes of at least 4 members (excludes halogenated alkanes) is 46. The summed E-state index contributed by atoms with van der Waals surface area (Å²) in [5.41, 5.74) is 0. The van der Waals surface area contributed by atoms with E-state index < -0.39 is 97.5 Å². The summed E-state index contributed by atoms with van der Waals surface area (Å²) in [6, 6.07) is 0. The number of carbonyl (C=O) groups excluding carboxylic acids is 4. The van der Waals surface area contributed by atoms with E-state index in [-0.39, 0.29) is 25.7 Å². The molecule has 582 valence electrons. The van der Waals surface area contributed by atoms with E-state index >= 15 is 0 Å². The summed E-state index contributed by atoms with van der Waals surface area (Å²) >= 11 is 0. The molecule has 0 aliphatic carbocycles. The van der Waals surface area contributed by atoms with Gasteiger partial charge in [-0.3, -0.25) is 37.3 Å². The van der Waals surface area contributed by atoms with Crippen molar-refractivity contribution in [1.29, 1.82) is 0 Å². The molecule has 0 aliphatic heterocycles. The van der Waals surface area contributed by atoms with E-state index in [0.29, 0.717) is 25.7 Å². The Hall–Kier alpha value is -1.94. The number of carbonyl (C=O) groups is 4. The first-order valence-corrected chi connectivity index (χ1v) is 44.1. The molecule has 17 nitrogen and oxygen atoms in total. The molecule has 0 aromatic carbocycles. The van der Waals surface area contributed by atoms with Gasteiger partial charge in [-0.25, -0.2) is 9.13 Å². The molecule has 0 saturated heterocycles. The predicted octanol–water partition coefficient (Wildman–Crippen LogP) is 23.5. The lowest BCUT2D eigenvalue weighted by Gasteiger charge is -2.21. The summed E-state index contributed by atoms with van der Waals surface area (Å²) in [5, 5.41) is 10.6. The van der Waals surface area contributed by atoms with Gasteiger partial charge in [0.25, 0.3) is 0 Å². The third kappa shape index (κ3) is 69.8. The van der Waals surface area contributed by atoms with Crippen LogP contribution in [0.2, 0.25) is 0 Å². The van der Waals surface area contributed by atoms with Gasteiger partial charge in [-0.2, -0.15) is 0 Å². The fourth-order valence-corrected chi connectivity index (χ4v) is 13.7. The molecule has 0 aromatic rings. The van der Waals surface area contributed by atoms with Gasteiger partial charge in [-0.1, -0.05) is 363 Å². The minimum absolute atomic E-state index is 0.106. The lowest BCUT2D eigenvalue weighted by Crippen LogP contribution is -2.30. The number of hydrogen-bond donors (Lipinski definition) is 3. The van der Waals surface area contributed by atoms with Crippen molar-refractivity contribution in [2.24, 2.45) is 11.8 Å². The lowest BCUT2D eigenvalue weighted by molar-refractivity contribution is -0.161. The summed E-state index contributed by atoms with van der Waals surface area (Å²) in [5.74, 6) is -0.578. The topological polar surface area (TPSA) is 237 Å². The van der Waals surface area contributed by atoms with Crippen molar-refractivity contribution in [1.82, 2.24) is 0 Å². The Labute approximate surface area is 600 Å². The maximum Gasteiger partial charge on any atom is 0.472 e. The molecule has 0 aromatic heterocycles. The number of aliphatic hydroxyl groups excluding tert-OH is 1. The molecule has 0 saturated carbocycles. The maximum atomic E-state index is 13.1. The van der Waals surface area contributed by atoms with Gasteiger partial charge in [0.05, 0.1) is 26.4 Å². The minimum atomic E-state index is -4.96. The van der Waals surface area contributed by atoms with Crippen molar-refractivity contribution in [3.8, 4) is 0 Å². The van der Waals surface area contributed by atoms with Gasteiger partial charge < -0.3 is 33.8 Å². The Kier molecular flexibility index (Phi) is 69.3. The normalized spacial score (nSPS) is 14.5. The zero-order chi connectivity index (χ0) is 72.1. The Balaban J connectivity index is 5.25. The lowest BCUT2D eigenvalue weighted by atomic mass is 9.99. The van der Waals surface area contributed by atoms with Crippen LogP contribution in [-0.4, -0.2) is 96.7 Å². The van der Waals surface area contributed by atoms with Gasteiger partial charge in [-0.15, -0.1) is 0 Å². The Morgan fingerprint density at radius 3 is 0.724 bits per heavy atom. The van der Waals surface area contributed by atoms with Crippen LogP contribution in [0.3, 0.4) is 0 Å². The smallest absolute Gasteiger partial charge is 0.462 e. The Morgan fingerprint density at radius 1 is 0.286 bits per heavy atom. The van der Waals surface area contributed by atoms with Crippen molar-refractivity contribution in [2.45, 2.75) is 432 Å². The van der Waals surface area contributed by atoms with E-state index in [1.54, 1.807) is 0 Å². The molecule has 0 fully saturated rings. The standard InChI is InChI=1S/C79H154O17P2/c1-7-11-13-15-17-19-21-23-25-26-27-28-30-32-34-39-43-51-57-63-78(83)95-74(67-89-76(81)61-55-49-42-38-33-31-29-24-22-20-18-16-14-12-8-2)69-93-97(85,86)91-65-73(80)66-92-98(87,88)94-70-75(68-90-77(82)62-56-50-46-45-48-54-60-72(6)10-4)96-79(84)64-58-52-44-40-36-35-37-41-47-53-59-71(5)9-3/h71-75,80H,7-70H2,1-6H3,(H,85,86)(H,87,88)/t71?,72?,73-,74-,75-/m1/s1. The monoisotopic (exact) mass is 1440 g/mol. The van der Waals surface area contributed by atoms with Crippen LogP contribution < -0.4 is 0 Å². The average Bonchev–Trinajstić information content (AvgIpc) is 1.98. The van der Waals surface area contributed by atoms with Crippen LogP contribution in [-0.2, 0) is 65.4 Å². The number of phosphoric acid groups is 2. The number of aliphatic hydroxyl groups is 1. The SMILES string of the molecule is CCCCCCCCCCCCCCCCCCCCCC(=O)O[C@H](COC(=O)CCCCCCCCCCCCCCCCC)COP(=O)(O)OC[C@@H](O)COP(=O)(O)OC[C@@H](COC(=O)CCCCCCCCC(C)CC)OC(=O)CCCCCCCCCCCCC(C)CC. The molecule has 98 heavy (non-hydrogen) atoms. The summed E-state index contributed by atoms with van der Waals surface area (Å²) in [6.07, 6.45) is 59.6. The van der Waals surface area contributed by atoms with E-state index in [9.17, 15) is 43.2 Å². The molecule has 0 heterocycles. The molecule has 3 N–H and O–H groups in total. The second-order valence-corrected chi connectivity index (χ2v) is 31.8. The highest BCUT2D eigenvalue weighted by atomic mass is 31.2. The number of hydrogen-bond acceptors (Lipinski definition) is 15. The largest absolute Gasteiger partial charge is 0.472 e. The number of phosphoric ester groups is 2. The third-order valence-electron chi connectivity index (χ3n) is 19.2. The zero-order valence-corrected chi connectivity index (χ0v) is 65.9. The number of ether oxygens (including phenoxy) is 4. The fourth-order valence-electron chi connectivity index (χ4n) is 12.1. The molecule has 0 spiro atoms. The van der Waals surface area contributed by atoms with Crippen molar-refractivity contribution in [3.63, 3.8) is 0 Å². The summed E-state index contributed by atoms with van der Waals surface area (Å²) in [7, 11) is -9.92. The van der Waals surface area contributed by atoms with Gasteiger partial charge in [0.1, 0.15) is 19.3 Å². The van der Waals surface area contributed by atoms with Crippen LogP contribution in [0.25, 0.3) is 0 Å². The molecule has 0 amide bonds. The molecule has 7 atom stereocenters. The zero-order valence-electron chi connectivity index (χ0n) is 64.1. The minimum Gasteiger partial charge on any atom is -0.462 e. The third-order valence-corrected chi connectivity index (χ3v) is 21.1. The van der Waals surface area contributed by atoms with Crippen LogP contribution in [0.4, 0.5) is 0 Å². The van der Waals surface area contributed by atoms with Gasteiger partial charge in [0, 0.05) is 25.7 Å². The average molecular weight is 1440 g/mol. The van der Waals surface area contributed by atoms with Crippen LogP contribution in [0.5, 0.6) is 0 Å². The quantitative estimate of drug-likeness (QED) is 0.0222. The molecule has 0 aliphatic rings. The molecule has 19 heteroatoms. The van der Waals surface area contributed by atoms with E-state index in [1.807, 2.05) is 0 Å². The second kappa shape index (κ2) is 70.7. The van der Waals surface area contributed by atoms with E-state index in [4.69, 9.17) is 37.0 Å². The highest BCUT2D eigenvalue weighted by molar-refractivity contribution is 7.47. The van der Waals surface area contributed by atoms with Crippen molar-refractivity contribution < 1.29 is 80.2 Å².